The normalized spacial score (nSPS) is 15.5. The molecule has 0 fully saturated rings. The van der Waals surface area contributed by atoms with E-state index in [-0.39, 0.29) is 30.8 Å². The maximum absolute atomic E-state index is 14.0. The van der Waals surface area contributed by atoms with Crippen molar-refractivity contribution in [1.82, 2.24) is 20.0 Å². The van der Waals surface area contributed by atoms with Crippen LogP contribution in [0.3, 0.4) is 0 Å². The first-order valence-electron chi connectivity index (χ1n) is 13.6. The van der Waals surface area contributed by atoms with E-state index >= 15 is 0 Å². The van der Waals surface area contributed by atoms with Gasteiger partial charge in [-0.15, -0.1) is 0 Å². The smallest absolute Gasteiger partial charge is 0.247 e. The zero-order valence-corrected chi connectivity index (χ0v) is 23.4. The summed E-state index contributed by atoms with van der Waals surface area (Å²) in [5.41, 5.74) is 3.08. The highest BCUT2D eigenvalue weighted by molar-refractivity contribution is 6.05. The molecule has 4 aromatic rings. The molecule has 0 saturated carbocycles. The lowest BCUT2D eigenvalue weighted by Gasteiger charge is -2.29. The van der Waals surface area contributed by atoms with Crippen LogP contribution in [0.2, 0.25) is 0 Å². The average Bonchev–Trinajstić information content (AvgIpc) is 3.36. The van der Waals surface area contributed by atoms with E-state index in [0.29, 0.717) is 23.7 Å². The SMILES string of the molecule is COc1ccc(N(C(=O)CN2C=CN(Cc3ccccc3)C(=O)C(Cc3[nH]nc4ccccc34)C2=O)C(C)C)cc1. The summed E-state index contributed by atoms with van der Waals surface area (Å²) in [6, 6.07) is 24.2. The second-order valence-corrected chi connectivity index (χ2v) is 10.2. The molecule has 9 nitrogen and oxygen atoms in total. The van der Waals surface area contributed by atoms with E-state index in [1.165, 1.54) is 4.90 Å². The van der Waals surface area contributed by atoms with Crippen LogP contribution in [0.1, 0.15) is 25.1 Å². The molecular weight excluding hydrogens is 518 g/mol. The van der Waals surface area contributed by atoms with Crippen LogP contribution in [0, 0.1) is 5.92 Å². The lowest BCUT2D eigenvalue weighted by molar-refractivity contribution is -0.144. The monoisotopic (exact) mass is 551 g/mol. The van der Waals surface area contributed by atoms with Crippen LogP contribution in [-0.4, -0.2) is 57.4 Å². The molecular formula is C32H33N5O4. The van der Waals surface area contributed by atoms with E-state index in [4.69, 9.17) is 4.74 Å². The van der Waals surface area contributed by atoms with Crippen LogP contribution >= 0.6 is 0 Å². The predicted octanol–water partition coefficient (Wildman–Crippen LogP) is 4.51. The highest BCUT2D eigenvalue weighted by Gasteiger charge is 2.37. The van der Waals surface area contributed by atoms with E-state index in [1.54, 1.807) is 41.4 Å². The Morgan fingerprint density at radius 1 is 0.927 bits per heavy atom. The molecule has 0 saturated heterocycles. The molecule has 1 aromatic heterocycles. The van der Waals surface area contributed by atoms with E-state index < -0.39 is 11.8 Å². The van der Waals surface area contributed by atoms with Crippen molar-refractivity contribution in [1.29, 1.82) is 0 Å². The molecule has 3 aromatic carbocycles. The van der Waals surface area contributed by atoms with Crippen LogP contribution in [-0.2, 0) is 27.3 Å². The molecule has 1 aliphatic rings. The standard InChI is InChI=1S/C32H33N5O4/c1-22(2)37(24-13-15-25(41-3)16-14-24)30(38)21-36-18-17-35(20-23-9-5-4-6-10-23)31(39)27(32(36)40)19-29-26-11-7-8-12-28(26)33-34-29/h4-18,22,27H,19-21H2,1-3H3,(H,33,34). The Labute approximate surface area is 239 Å². The predicted molar refractivity (Wildman–Crippen MR) is 157 cm³/mol. The number of fused-ring (bicyclic) bond motifs is 1. The van der Waals surface area contributed by atoms with Crippen molar-refractivity contribution >= 4 is 34.3 Å². The van der Waals surface area contributed by atoms with Crippen molar-refractivity contribution in [2.45, 2.75) is 32.9 Å². The van der Waals surface area contributed by atoms with E-state index in [1.807, 2.05) is 80.6 Å². The number of methoxy groups -OCH3 is 1. The van der Waals surface area contributed by atoms with Crippen LogP contribution < -0.4 is 9.64 Å². The highest BCUT2D eigenvalue weighted by atomic mass is 16.5. The maximum atomic E-state index is 14.0. The summed E-state index contributed by atoms with van der Waals surface area (Å²) in [4.78, 5) is 46.0. The van der Waals surface area contributed by atoms with Crippen molar-refractivity contribution in [2.24, 2.45) is 5.92 Å². The van der Waals surface area contributed by atoms with Crippen molar-refractivity contribution in [3.05, 3.63) is 103 Å². The summed E-state index contributed by atoms with van der Waals surface area (Å²) in [6.07, 6.45) is 3.26. The molecule has 5 rings (SSSR count). The zero-order valence-electron chi connectivity index (χ0n) is 23.4. The Morgan fingerprint density at radius 3 is 2.29 bits per heavy atom. The van der Waals surface area contributed by atoms with Gasteiger partial charge in [-0.1, -0.05) is 48.5 Å². The summed E-state index contributed by atoms with van der Waals surface area (Å²) >= 11 is 0. The van der Waals surface area contributed by atoms with Gasteiger partial charge < -0.3 is 19.4 Å². The number of hydrogen-bond acceptors (Lipinski definition) is 5. The molecule has 0 bridgehead atoms. The third-order valence-electron chi connectivity index (χ3n) is 7.17. The van der Waals surface area contributed by atoms with Gasteiger partial charge in [-0.2, -0.15) is 5.10 Å². The molecule has 1 unspecified atom stereocenters. The first kappa shape index (κ1) is 27.6. The fourth-order valence-electron chi connectivity index (χ4n) is 5.10. The number of aromatic amines is 1. The number of aromatic nitrogens is 2. The van der Waals surface area contributed by atoms with Crippen LogP contribution in [0.15, 0.2) is 91.3 Å². The molecule has 210 valence electrons. The molecule has 1 atom stereocenters. The van der Waals surface area contributed by atoms with Gasteiger partial charge in [-0.3, -0.25) is 19.5 Å². The van der Waals surface area contributed by atoms with E-state index in [9.17, 15) is 14.4 Å². The Balaban J connectivity index is 1.45. The number of carbonyl (C=O) groups excluding carboxylic acids is 3. The van der Waals surface area contributed by atoms with Gasteiger partial charge in [0.05, 0.1) is 19.2 Å². The summed E-state index contributed by atoms with van der Waals surface area (Å²) in [5, 5.41) is 8.20. The van der Waals surface area contributed by atoms with E-state index in [0.717, 1.165) is 16.5 Å². The Hall–Kier alpha value is -4.92. The second-order valence-electron chi connectivity index (χ2n) is 10.2. The number of ether oxygens (including phenoxy) is 1. The Bertz CT molecular complexity index is 1560. The first-order chi connectivity index (χ1) is 19.9. The fourth-order valence-corrected chi connectivity index (χ4v) is 5.10. The lowest BCUT2D eigenvalue weighted by atomic mass is 9.98. The molecule has 0 radical (unpaired) electrons. The van der Waals surface area contributed by atoms with Crippen molar-refractivity contribution in [3.63, 3.8) is 0 Å². The molecule has 0 aliphatic carbocycles. The Morgan fingerprint density at radius 2 is 1.59 bits per heavy atom. The molecule has 2 heterocycles. The third-order valence-corrected chi connectivity index (χ3v) is 7.17. The third kappa shape index (κ3) is 5.99. The molecule has 41 heavy (non-hydrogen) atoms. The number of nitrogens with one attached hydrogen (secondary N) is 1. The summed E-state index contributed by atoms with van der Waals surface area (Å²) < 4.78 is 5.25. The van der Waals surface area contributed by atoms with Gasteiger partial charge in [0.1, 0.15) is 18.2 Å². The summed E-state index contributed by atoms with van der Waals surface area (Å²) in [7, 11) is 1.59. The number of amides is 3. The van der Waals surface area contributed by atoms with Crippen LogP contribution in [0.25, 0.3) is 10.9 Å². The molecule has 9 heteroatoms. The van der Waals surface area contributed by atoms with Crippen molar-refractivity contribution < 1.29 is 19.1 Å². The topological polar surface area (TPSA) is 98.8 Å². The minimum Gasteiger partial charge on any atom is -0.497 e. The molecule has 3 amide bonds. The summed E-state index contributed by atoms with van der Waals surface area (Å²) in [5.74, 6) is -1.40. The minimum absolute atomic E-state index is 0.127. The quantitative estimate of drug-likeness (QED) is 0.309. The van der Waals surface area contributed by atoms with Gasteiger partial charge >= 0.3 is 0 Å². The number of nitrogens with zero attached hydrogens (tertiary/aromatic N) is 4. The van der Waals surface area contributed by atoms with Gasteiger partial charge in [-0.25, -0.2) is 0 Å². The van der Waals surface area contributed by atoms with Crippen molar-refractivity contribution in [3.8, 4) is 5.75 Å². The molecule has 1 N–H and O–H groups in total. The van der Waals surface area contributed by atoms with E-state index in [2.05, 4.69) is 10.2 Å². The number of benzene rings is 3. The van der Waals surface area contributed by atoms with Crippen LogP contribution in [0.5, 0.6) is 5.75 Å². The maximum Gasteiger partial charge on any atom is 0.247 e. The van der Waals surface area contributed by atoms with Crippen molar-refractivity contribution in [2.75, 3.05) is 18.6 Å². The highest BCUT2D eigenvalue weighted by Crippen LogP contribution is 2.26. The average molecular weight is 552 g/mol. The first-order valence-corrected chi connectivity index (χ1v) is 13.6. The number of H-pyrrole nitrogens is 1. The van der Waals surface area contributed by atoms with Crippen LogP contribution in [0.4, 0.5) is 5.69 Å². The molecule has 0 spiro atoms. The summed E-state index contributed by atoms with van der Waals surface area (Å²) in [6.45, 7) is 3.92. The Kier molecular flexibility index (Phi) is 8.14. The second kappa shape index (κ2) is 12.1. The van der Waals surface area contributed by atoms with Gasteiger partial charge in [0.2, 0.25) is 17.7 Å². The number of carbonyl (C=O) groups is 3. The fraction of sp³-hybridized carbons (Fsp3) is 0.250. The largest absolute Gasteiger partial charge is 0.497 e. The van der Waals surface area contributed by atoms with Gasteiger partial charge in [0.25, 0.3) is 0 Å². The van der Waals surface area contributed by atoms with Gasteiger partial charge in [0, 0.05) is 41.6 Å². The number of rotatable bonds is 9. The zero-order chi connectivity index (χ0) is 28.9. The number of para-hydroxylation sites is 1. The lowest BCUT2D eigenvalue weighted by Crippen LogP contribution is -2.46. The minimum atomic E-state index is -1.04. The number of anilines is 1. The van der Waals surface area contributed by atoms with Gasteiger partial charge in [0.15, 0.2) is 0 Å². The number of hydrogen-bond donors (Lipinski definition) is 1. The van der Waals surface area contributed by atoms with Gasteiger partial charge in [-0.05, 0) is 49.7 Å². The molecule has 1 aliphatic heterocycles.